The molecule has 6 rings (SSSR count). The Morgan fingerprint density at radius 2 is 1.64 bits per heavy atom. The zero-order chi connectivity index (χ0) is 32.9. The summed E-state index contributed by atoms with van der Waals surface area (Å²) >= 11 is 1.66. The summed E-state index contributed by atoms with van der Waals surface area (Å²) in [5, 5.41) is 15.2. The van der Waals surface area contributed by atoms with Crippen molar-refractivity contribution in [1.82, 2.24) is 15.1 Å². The number of amides is 2. The monoisotopic (exact) mass is 659 g/mol. The number of carbonyl (C=O) groups excluding carboxylic acids is 2. The predicted molar refractivity (Wildman–Crippen MR) is 189 cm³/mol. The first-order chi connectivity index (χ1) is 22.8. The first-order valence-electron chi connectivity index (χ1n) is 17.5. The zero-order valence-electron chi connectivity index (χ0n) is 27.7. The molecule has 2 aliphatic heterocycles. The van der Waals surface area contributed by atoms with Crippen molar-refractivity contribution in [3.8, 4) is 0 Å². The van der Waals surface area contributed by atoms with Gasteiger partial charge in [0.05, 0.1) is 17.8 Å². The molecule has 1 saturated heterocycles. The average molecular weight is 660 g/mol. The normalized spacial score (nSPS) is 21.9. The van der Waals surface area contributed by atoms with Crippen LogP contribution in [0.3, 0.4) is 0 Å². The maximum Gasteiger partial charge on any atom is 0.317 e. The molecule has 2 atom stereocenters. The number of rotatable bonds is 13. The molecule has 2 fully saturated rings. The summed E-state index contributed by atoms with van der Waals surface area (Å²) in [5.74, 6) is -1.38. The van der Waals surface area contributed by atoms with E-state index in [1.165, 1.54) is 23.3 Å². The van der Waals surface area contributed by atoms with Gasteiger partial charge in [0.2, 0.25) is 5.91 Å². The number of carboxylic acid groups (broad SMARTS) is 1. The van der Waals surface area contributed by atoms with E-state index in [9.17, 15) is 19.5 Å². The van der Waals surface area contributed by atoms with Gasteiger partial charge in [-0.25, -0.2) is 0 Å². The molecular formula is C37H49N5O4S. The minimum Gasteiger partial charge on any atom is -0.480 e. The minimum absolute atomic E-state index is 0.0616. The van der Waals surface area contributed by atoms with Gasteiger partial charge in [-0.15, -0.1) is 11.8 Å². The Hall–Kier alpha value is -3.34. The fourth-order valence-electron chi connectivity index (χ4n) is 7.54. The number of benzene rings is 2. The molecule has 2 heterocycles. The van der Waals surface area contributed by atoms with Crippen molar-refractivity contribution >= 4 is 40.9 Å². The highest BCUT2D eigenvalue weighted by Gasteiger charge is 2.42. The second-order valence-electron chi connectivity index (χ2n) is 13.4. The lowest BCUT2D eigenvalue weighted by Gasteiger charge is -2.38. The summed E-state index contributed by atoms with van der Waals surface area (Å²) in [7, 11) is 0. The summed E-state index contributed by atoms with van der Waals surface area (Å²) in [6.45, 7) is 8.62. The fourth-order valence-corrected chi connectivity index (χ4v) is 9.08. The molecular weight excluding hydrogens is 611 g/mol. The lowest BCUT2D eigenvalue weighted by atomic mass is 9.88. The van der Waals surface area contributed by atoms with E-state index in [4.69, 9.17) is 0 Å². The maximum atomic E-state index is 13.8. The van der Waals surface area contributed by atoms with Crippen molar-refractivity contribution in [2.75, 3.05) is 42.9 Å². The fraction of sp³-hybridized carbons (Fsp3) is 0.541. The number of hydrogen-bond acceptors (Lipinski definition) is 7. The number of carbonyl (C=O) groups is 3. The van der Waals surface area contributed by atoms with Crippen molar-refractivity contribution in [1.29, 1.82) is 0 Å². The molecule has 0 spiro atoms. The number of aliphatic carboxylic acids is 1. The van der Waals surface area contributed by atoms with E-state index < -0.39 is 11.9 Å². The topological polar surface area (TPSA) is 105 Å². The van der Waals surface area contributed by atoms with E-state index in [1.807, 2.05) is 35.2 Å². The van der Waals surface area contributed by atoms with E-state index >= 15 is 0 Å². The van der Waals surface area contributed by atoms with Crippen LogP contribution in [-0.4, -0.2) is 82.9 Å². The lowest BCUT2D eigenvalue weighted by Crippen LogP contribution is -2.46. The molecule has 9 nitrogen and oxygen atoms in total. The molecule has 2 aliphatic carbocycles. The van der Waals surface area contributed by atoms with Crippen LogP contribution in [-0.2, 0) is 16.1 Å². The van der Waals surface area contributed by atoms with Crippen molar-refractivity contribution in [3.05, 3.63) is 70.1 Å². The lowest BCUT2D eigenvalue weighted by molar-refractivity contribution is -0.138. The van der Waals surface area contributed by atoms with Crippen LogP contribution in [0.25, 0.3) is 0 Å². The van der Waals surface area contributed by atoms with E-state index in [0.717, 1.165) is 88.2 Å². The van der Waals surface area contributed by atoms with E-state index in [2.05, 4.69) is 52.5 Å². The van der Waals surface area contributed by atoms with Gasteiger partial charge in [-0.3, -0.25) is 24.2 Å². The highest BCUT2D eigenvalue weighted by molar-refractivity contribution is 8.04. The number of thioether (sulfide) groups is 1. The van der Waals surface area contributed by atoms with Gasteiger partial charge >= 0.3 is 5.97 Å². The van der Waals surface area contributed by atoms with Gasteiger partial charge in [0.25, 0.3) is 5.91 Å². The Labute approximate surface area is 283 Å². The Balaban J connectivity index is 1.11. The number of piperidine rings is 1. The van der Waals surface area contributed by atoms with Gasteiger partial charge in [-0.2, -0.15) is 0 Å². The summed E-state index contributed by atoms with van der Waals surface area (Å²) in [6.07, 6.45) is 8.36. The Morgan fingerprint density at radius 3 is 2.32 bits per heavy atom. The first-order valence-corrected chi connectivity index (χ1v) is 18.3. The molecule has 0 aromatic heterocycles. The van der Waals surface area contributed by atoms with Crippen LogP contribution in [0.2, 0.25) is 0 Å². The van der Waals surface area contributed by atoms with Crippen molar-refractivity contribution in [3.63, 3.8) is 0 Å². The van der Waals surface area contributed by atoms with Crippen LogP contribution in [0.4, 0.5) is 11.4 Å². The van der Waals surface area contributed by atoms with Crippen molar-refractivity contribution in [2.24, 2.45) is 5.92 Å². The summed E-state index contributed by atoms with van der Waals surface area (Å²) in [4.78, 5) is 46.9. The summed E-state index contributed by atoms with van der Waals surface area (Å²) < 4.78 is 0. The number of hydrogen-bond donors (Lipinski definition) is 3. The van der Waals surface area contributed by atoms with Crippen LogP contribution in [0.1, 0.15) is 81.1 Å². The van der Waals surface area contributed by atoms with Gasteiger partial charge in [0.15, 0.2) is 0 Å². The standard InChI is InChI=1S/C37H49N5O4S/c1-3-41(4-2)28-14-12-27(13-15-28)38-36(46)34-31-10-5-6-11-32(31)47-37(34)39-35(45)26-9-7-8-25(22-26)23-42(29-16-17-29)30-18-20-40(21-19-30)24-33(43)44/h7-9,12-15,22,29-30,34,37H,3-6,10-11,16-21,23-24H2,1-2H3,(H,38,46)(H,39,45)(H,43,44). The third-order valence-electron chi connectivity index (χ3n) is 10.2. The Bertz CT molecular complexity index is 1460. The largest absolute Gasteiger partial charge is 0.480 e. The minimum atomic E-state index is -0.766. The highest BCUT2D eigenvalue weighted by Crippen LogP contribution is 2.48. The van der Waals surface area contributed by atoms with Crippen molar-refractivity contribution < 1.29 is 19.5 Å². The second-order valence-corrected chi connectivity index (χ2v) is 14.6. The molecule has 2 unspecified atom stereocenters. The Morgan fingerprint density at radius 1 is 0.936 bits per heavy atom. The molecule has 0 bridgehead atoms. The molecule has 3 N–H and O–H groups in total. The van der Waals surface area contributed by atoms with Gasteiger partial charge in [-0.05, 0) is 118 Å². The molecule has 2 aromatic rings. The Kier molecular flexibility index (Phi) is 10.9. The van der Waals surface area contributed by atoms with E-state index in [1.54, 1.807) is 11.8 Å². The van der Waals surface area contributed by atoms with Crippen molar-refractivity contribution in [2.45, 2.75) is 89.2 Å². The number of allylic oxidation sites excluding steroid dienone is 1. The predicted octanol–water partition coefficient (Wildman–Crippen LogP) is 5.93. The van der Waals surface area contributed by atoms with Crippen LogP contribution < -0.4 is 15.5 Å². The molecule has 2 aromatic carbocycles. The third-order valence-corrected chi connectivity index (χ3v) is 11.6. The molecule has 47 heavy (non-hydrogen) atoms. The molecule has 10 heteroatoms. The maximum absolute atomic E-state index is 13.8. The molecule has 0 radical (unpaired) electrons. The molecule has 4 aliphatic rings. The smallest absolute Gasteiger partial charge is 0.317 e. The third kappa shape index (κ3) is 8.21. The second kappa shape index (κ2) is 15.3. The first kappa shape index (κ1) is 33.6. The quantitative estimate of drug-likeness (QED) is 0.243. The van der Waals surface area contributed by atoms with Gasteiger partial charge in [-0.1, -0.05) is 12.1 Å². The van der Waals surface area contributed by atoms with Crippen LogP contribution in [0.15, 0.2) is 59.0 Å². The number of nitrogens with one attached hydrogen (secondary N) is 2. The number of anilines is 2. The van der Waals surface area contributed by atoms with E-state index in [-0.39, 0.29) is 23.7 Å². The highest BCUT2D eigenvalue weighted by atomic mass is 32.2. The molecule has 2 amide bonds. The molecule has 1 saturated carbocycles. The van der Waals surface area contributed by atoms with Crippen LogP contribution in [0.5, 0.6) is 0 Å². The van der Waals surface area contributed by atoms with Crippen LogP contribution in [0, 0.1) is 5.92 Å². The van der Waals surface area contributed by atoms with Crippen LogP contribution >= 0.6 is 11.8 Å². The van der Waals surface area contributed by atoms with Gasteiger partial charge < -0.3 is 20.6 Å². The number of likely N-dealkylation sites (tertiary alicyclic amines) is 1. The SMILES string of the molecule is CCN(CC)c1ccc(NC(=O)C2C3=C(CCCC3)SC2NC(=O)c2cccc(CN(C3CC3)C3CCN(CC(=O)O)CC3)c2)cc1. The van der Waals surface area contributed by atoms with Gasteiger partial charge in [0, 0.05) is 61.7 Å². The summed E-state index contributed by atoms with van der Waals surface area (Å²) in [6, 6.07) is 16.9. The average Bonchev–Trinajstić information content (AvgIpc) is 3.85. The van der Waals surface area contributed by atoms with E-state index in [0.29, 0.717) is 17.6 Å². The number of nitrogens with zero attached hydrogens (tertiary/aromatic N) is 3. The van der Waals surface area contributed by atoms with Gasteiger partial charge in [0.1, 0.15) is 0 Å². The molecule has 252 valence electrons. The zero-order valence-corrected chi connectivity index (χ0v) is 28.6. The number of carboxylic acids is 1. The summed E-state index contributed by atoms with van der Waals surface area (Å²) in [5.41, 5.74) is 4.82.